The van der Waals surface area contributed by atoms with Gasteiger partial charge in [0.05, 0.1) is 13.2 Å². The minimum Gasteiger partial charge on any atom is -0.378 e. The summed E-state index contributed by atoms with van der Waals surface area (Å²) in [6.45, 7) is 6.06. The van der Waals surface area contributed by atoms with Crippen molar-refractivity contribution in [2.24, 2.45) is 0 Å². The highest BCUT2D eigenvalue weighted by atomic mass is 79.9. The summed E-state index contributed by atoms with van der Waals surface area (Å²) in [5.74, 6) is 2.29. The fourth-order valence-corrected chi connectivity index (χ4v) is 3.09. The van der Waals surface area contributed by atoms with Gasteiger partial charge in [0, 0.05) is 42.3 Å². The quantitative estimate of drug-likeness (QED) is 0.698. The molecule has 0 unspecified atom stereocenters. The second kappa shape index (κ2) is 8.95. The highest BCUT2D eigenvalue weighted by molar-refractivity contribution is 9.10. The molecule has 0 aliphatic carbocycles. The van der Waals surface area contributed by atoms with Gasteiger partial charge in [0.2, 0.25) is 0 Å². The van der Waals surface area contributed by atoms with E-state index in [1.165, 1.54) is 0 Å². The van der Waals surface area contributed by atoms with E-state index in [-0.39, 0.29) is 5.91 Å². The number of aryl methyl sites for hydroxylation is 1. The molecule has 0 radical (unpaired) electrons. The molecule has 2 aromatic rings. The second-order valence-electron chi connectivity index (χ2n) is 5.95. The Morgan fingerprint density at radius 2 is 2.04 bits per heavy atom. The Morgan fingerprint density at radius 3 is 2.81 bits per heavy atom. The lowest BCUT2D eigenvalue weighted by molar-refractivity contribution is 0.0955. The van der Waals surface area contributed by atoms with E-state index in [2.05, 4.69) is 41.4 Å². The molecule has 0 spiro atoms. The first kappa shape index (κ1) is 18.6. The third-order valence-electron chi connectivity index (χ3n) is 3.96. The summed E-state index contributed by atoms with van der Waals surface area (Å²) in [4.78, 5) is 23.2. The molecule has 8 heteroatoms. The number of nitrogens with one attached hydrogen (secondary N) is 2. The van der Waals surface area contributed by atoms with Crippen molar-refractivity contribution >= 4 is 33.5 Å². The van der Waals surface area contributed by atoms with Crippen LogP contribution in [0.3, 0.4) is 0 Å². The molecule has 1 fully saturated rings. The molecule has 1 aliphatic rings. The average Bonchev–Trinajstić information content (AvgIpc) is 2.65. The standard InChI is InChI=1S/C18H22BrN5O2/c1-13-22-16(12-17(23-13)24-7-9-26-10-8-24)20-5-6-21-18(25)14-3-2-4-15(19)11-14/h2-4,11-12H,5-10H2,1H3,(H,21,25)(H,20,22,23). The number of amides is 1. The Labute approximate surface area is 161 Å². The Kier molecular flexibility index (Phi) is 6.40. The van der Waals surface area contributed by atoms with Crippen molar-refractivity contribution < 1.29 is 9.53 Å². The molecule has 26 heavy (non-hydrogen) atoms. The van der Waals surface area contributed by atoms with E-state index in [1.807, 2.05) is 25.1 Å². The molecule has 1 amide bonds. The van der Waals surface area contributed by atoms with E-state index in [0.717, 1.165) is 35.0 Å². The van der Waals surface area contributed by atoms with Crippen molar-refractivity contribution in [1.82, 2.24) is 15.3 Å². The van der Waals surface area contributed by atoms with Crippen molar-refractivity contribution in [3.63, 3.8) is 0 Å². The molecule has 0 saturated carbocycles. The summed E-state index contributed by atoms with van der Waals surface area (Å²) in [5, 5.41) is 6.15. The normalized spacial score (nSPS) is 14.2. The molecular weight excluding hydrogens is 398 g/mol. The molecule has 7 nitrogen and oxygen atoms in total. The number of hydrogen-bond donors (Lipinski definition) is 2. The highest BCUT2D eigenvalue weighted by Crippen LogP contribution is 2.17. The maximum atomic E-state index is 12.1. The lowest BCUT2D eigenvalue weighted by Crippen LogP contribution is -2.37. The smallest absolute Gasteiger partial charge is 0.251 e. The first-order valence-electron chi connectivity index (χ1n) is 8.58. The molecule has 2 N–H and O–H groups in total. The van der Waals surface area contributed by atoms with Crippen LogP contribution in [0.15, 0.2) is 34.8 Å². The van der Waals surface area contributed by atoms with Crippen molar-refractivity contribution in [3.05, 3.63) is 46.2 Å². The second-order valence-corrected chi connectivity index (χ2v) is 6.87. The van der Waals surface area contributed by atoms with Crippen LogP contribution in [0, 0.1) is 6.92 Å². The molecule has 138 valence electrons. The van der Waals surface area contributed by atoms with Gasteiger partial charge in [-0.25, -0.2) is 9.97 Å². The largest absolute Gasteiger partial charge is 0.378 e. The van der Waals surface area contributed by atoms with E-state index in [1.54, 1.807) is 12.1 Å². The Bertz CT molecular complexity index is 765. The van der Waals surface area contributed by atoms with Crippen molar-refractivity contribution in [1.29, 1.82) is 0 Å². The fourth-order valence-electron chi connectivity index (χ4n) is 2.70. The van der Waals surface area contributed by atoms with Gasteiger partial charge in [-0.3, -0.25) is 4.79 Å². The number of nitrogens with zero attached hydrogens (tertiary/aromatic N) is 3. The van der Waals surface area contributed by atoms with Gasteiger partial charge in [-0.2, -0.15) is 0 Å². The fraction of sp³-hybridized carbons (Fsp3) is 0.389. The Hall–Kier alpha value is -2.19. The van der Waals surface area contributed by atoms with Gasteiger partial charge in [-0.15, -0.1) is 0 Å². The number of anilines is 2. The third kappa shape index (κ3) is 5.15. The van der Waals surface area contributed by atoms with Crippen molar-refractivity contribution in [2.45, 2.75) is 6.92 Å². The number of carbonyl (C=O) groups excluding carboxylic acids is 1. The van der Waals surface area contributed by atoms with Crippen LogP contribution in [-0.4, -0.2) is 55.3 Å². The monoisotopic (exact) mass is 419 g/mol. The summed E-state index contributed by atoms with van der Waals surface area (Å²) in [6.07, 6.45) is 0. The number of hydrogen-bond acceptors (Lipinski definition) is 6. The lowest BCUT2D eigenvalue weighted by Gasteiger charge is -2.28. The third-order valence-corrected chi connectivity index (χ3v) is 4.46. The predicted octanol–water partition coefficient (Wildman–Crippen LogP) is 2.23. The molecular formula is C18H22BrN5O2. The van der Waals surface area contributed by atoms with Crippen LogP contribution < -0.4 is 15.5 Å². The molecule has 1 aromatic heterocycles. The van der Waals surface area contributed by atoms with Gasteiger partial charge >= 0.3 is 0 Å². The summed E-state index contributed by atoms with van der Waals surface area (Å²) in [5.41, 5.74) is 0.631. The molecule has 1 aromatic carbocycles. The van der Waals surface area contributed by atoms with Crippen LogP contribution in [0.5, 0.6) is 0 Å². The number of morpholine rings is 1. The van der Waals surface area contributed by atoms with E-state index >= 15 is 0 Å². The van der Waals surface area contributed by atoms with Gasteiger partial charge in [-0.05, 0) is 25.1 Å². The number of benzene rings is 1. The minimum absolute atomic E-state index is 0.0963. The van der Waals surface area contributed by atoms with Crippen LogP contribution in [0.2, 0.25) is 0 Å². The van der Waals surface area contributed by atoms with Crippen LogP contribution >= 0.6 is 15.9 Å². The molecule has 2 heterocycles. The highest BCUT2D eigenvalue weighted by Gasteiger charge is 2.14. The van der Waals surface area contributed by atoms with Crippen molar-refractivity contribution in [3.8, 4) is 0 Å². The zero-order chi connectivity index (χ0) is 18.4. The zero-order valence-electron chi connectivity index (χ0n) is 14.7. The van der Waals surface area contributed by atoms with Crippen LogP contribution in [0.4, 0.5) is 11.6 Å². The van der Waals surface area contributed by atoms with E-state index in [4.69, 9.17) is 4.74 Å². The van der Waals surface area contributed by atoms with Crippen LogP contribution in [0.1, 0.15) is 16.2 Å². The van der Waals surface area contributed by atoms with Crippen LogP contribution in [-0.2, 0) is 4.74 Å². The number of aromatic nitrogens is 2. The van der Waals surface area contributed by atoms with Gasteiger partial charge in [0.25, 0.3) is 5.91 Å². The molecule has 0 bridgehead atoms. The molecule has 3 rings (SSSR count). The first-order valence-corrected chi connectivity index (χ1v) is 9.37. The molecule has 0 atom stereocenters. The summed E-state index contributed by atoms with van der Waals surface area (Å²) >= 11 is 3.37. The van der Waals surface area contributed by atoms with Gasteiger partial charge in [-0.1, -0.05) is 22.0 Å². The zero-order valence-corrected chi connectivity index (χ0v) is 16.3. The first-order chi connectivity index (χ1) is 12.6. The number of ether oxygens (including phenoxy) is 1. The van der Waals surface area contributed by atoms with Crippen LogP contribution in [0.25, 0.3) is 0 Å². The van der Waals surface area contributed by atoms with Gasteiger partial charge in [0.1, 0.15) is 17.5 Å². The summed E-state index contributed by atoms with van der Waals surface area (Å²) in [7, 11) is 0. The topological polar surface area (TPSA) is 79.4 Å². The number of carbonyl (C=O) groups is 1. The number of rotatable bonds is 6. The van der Waals surface area contributed by atoms with Gasteiger partial charge < -0.3 is 20.3 Å². The SMILES string of the molecule is Cc1nc(NCCNC(=O)c2cccc(Br)c2)cc(N2CCOCC2)n1. The average molecular weight is 420 g/mol. The van der Waals surface area contributed by atoms with Gasteiger partial charge in [0.15, 0.2) is 0 Å². The Morgan fingerprint density at radius 1 is 1.23 bits per heavy atom. The summed E-state index contributed by atoms with van der Waals surface area (Å²) < 4.78 is 6.27. The molecule has 1 aliphatic heterocycles. The van der Waals surface area contributed by atoms with E-state index in [0.29, 0.717) is 31.9 Å². The lowest BCUT2D eigenvalue weighted by atomic mass is 10.2. The van der Waals surface area contributed by atoms with E-state index in [9.17, 15) is 4.79 Å². The molecule has 1 saturated heterocycles. The maximum Gasteiger partial charge on any atom is 0.251 e. The maximum absolute atomic E-state index is 12.1. The summed E-state index contributed by atoms with van der Waals surface area (Å²) in [6, 6.07) is 9.26. The van der Waals surface area contributed by atoms with E-state index < -0.39 is 0 Å². The minimum atomic E-state index is -0.0963. The predicted molar refractivity (Wildman–Crippen MR) is 105 cm³/mol. The number of halogens is 1. The van der Waals surface area contributed by atoms with Crippen molar-refractivity contribution in [2.75, 3.05) is 49.6 Å². The Balaban J connectivity index is 1.51.